The molecule has 138 valence electrons. The summed E-state index contributed by atoms with van der Waals surface area (Å²) in [5, 5.41) is 0.439. The molecule has 3 fully saturated rings. The number of anilines is 1. The van der Waals surface area contributed by atoms with E-state index in [4.69, 9.17) is 5.73 Å². The van der Waals surface area contributed by atoms with Crippen LogP contribution in [0, 0.1) is 30.6 Å². The van der Waals surface area contributed by atoms with Gasteiger partial charge in [-0.2, -0.15) is 0 Å². The SMILES string of the molecule is CCc1c(C)sc(N2C(=O)[C@@H]3[C@H](C2=O)[C@@H]2CC[C@H]3C2=C(C)C)c1C(N)=O. The first-order valence-corrected chi connectivity index (χ1v) is 10.1. The second-order valence-corrected chi connectivity index (χ2v) is 9.05. The first-order chi connectivity index (χ1) is 12.3. The average molecular weight is 372 g/mol. The van der Waals surface area contributed by atoms with Crippen molar-refractivity contribution in [2.45, 2.75) is 47.0 Å². The number of nitrogens with zero attached hydrogens (tertiary/aromatic N) is 1. The van der Waals surface area contributed by atoms with Gasteiger partial charge in [0.25, 0.3) is 5.91 Å². The van der Waals surface area contributed by atoms with E-state index in [2.05, 4.69) is 13.8 Å². The van der Waals surface area contributed by atoms with Gasteiger partial charge in [0.2, 0.25) is 11.8 Å². The quantitative estimate of drug-likeness (QED) is 0.653. The number of primary amides is 1. The fourth-order valence-electron chi connectivity index (χ4n) is 5.59. The van der Waals surface area contributed by atoms with Gasteiger partial charge in [-0.3, -0.25) is 14.4 Å². The minimum Gasteiger partial charge on any atom is -0.365 e. The van der Waals surface area contributed by atoms with Crippen molar-refractivity contribution in [2.24, 2.45) is 29.4 Å². The number of aryl methyl sites for hydroxylation is 1. The van der Waals surface area contributed by atoms with Crippen molar-refractivity contribution in [3.63, 3.8) is 0 Å². The van der Waals surface area contributed by atoms with E-state index >= 15 is 0 Å². The Morgan fingerprint density at radius 2 is 1.69 bits per heavy atom. The maximum Gasteiger partial charge on any atom is 0.252 e. The molecular formula is C20H24N2O3S. The Labute approximate surface area is 157 Å². The van der Waals surface area contributed by atoms with Crippen LogP contribution in [-0.2, 0) is 16.0 Å². The number of amides is 3. The average Bonchev–Trinajstić information content (AvgIpc) is 3.27. The number of hydrogen-bond acceptors (Lipinski definition) is 4. The maximum absolute atomic E-state index is 13.3. The Hall–Kier alpha value is -1.95. The van der Waals surface area contributed by atoms with Crippen LogP contribution in [0.4, 0.5) is 5.00 Å². The summed E-state index contributed by atoms with van der Waals surface area (Å²) >= 11 is 1.34. The molecule has 5 nitrogen and oxygen atoms in total. The second kappa shape index (κ2) is 5.78. The van der Waals surface area contributed by atoms with Crippen LogP contribution in [0.25, 0.3) is 0 Å². The first kappa shape index (κ1) is 17.5. The lowest BCUT2D eigenvalue weighted by Crippen LogP contribution is -2.34. The monoisotopic (exact) mass is 372 g/mol. The number of carbonyl (C=O) groups excluding carboxylic acids is 3. The van der Waals surface area contributed by atoms with Gasteiger partial charge in [0.05, 0.1) is 17.4 Å². The number of imide groups is 1. The van der Waals surface area contributed by atoms with E-state index < -0.39 is 5.91 Å². The zero-order chi connectivity index (χ0) is 18.9. The van der Waals surface area contributed by atoms with Crippen LogP contribution in [0.5, 0.6) is 0 Å². The predicted octanol–water partition coefficient (Wildman–Crippen LogP) is 3.20. The third kappa shape index (κ3) is 2.05. The first-order valence-electron chi connectivity index (χ1n) is 9.26. The predicted molar refractivity (Wildman–Crippen MR) is 101 cm³/mol. The zero-order valence-electron chi connectivity index (χ0n) is 15.6. The molecule has 4 atom stereocenters. The van der Waals surface area contributed by atoms with Crippen LogP contribution in [0.1, 0.15) is 54.4 Å². The minimum absolute atomic E-state index is 0.141. The summed E-state index contributed by atoms with van der Waals surface area (Å²) in [4.78, 5) is 40.9. The third-order valence-electron chi connectivity index (χ3n) is 6.42. The highest BCUT2D eigenvalue weighted by Gasteiger charge is 2.64. The number of fused-ring (bicyclic) bond motifs is 5. The Kier molecular flexibility index (Phi) is 3.88. The summed E-state index contributed by atoms with van der Waals surface area (Å²) in [5.41, 5.74) is 9.40. The number of allylic oxidation sites excluding steroid dienone is 2. The van der Waals surface area contributed by atoms with Crippen molar-refractivity contribution in [1.82, 2.24) is 0 Å². The van der Waals surface area contributed by atoms with Crippen LogP contribution >= 0.6 is 11.3 Å². The highest BCUT2D eigenvalue weighted by molar-refractivity contribution is 7.17. The molecule has 1 aromatic rings. The van der Waals surface area contributed by atoms with Gasteiger partial charge in [-0.1, -0.05) is 18.1 Å². The molecule has 2 bridgehead atoms. The van der Waals surface area contributed by atoms with E-state index in [-0.39, 0.29) is 35.5 Å². The Bertz CT molecular complexity index is 846. The van der Waals surface area contributed by atoms with Crippen LogP contribution in [0.15, 0.2) is 11.1 Å². The van der Waals surface area contributed by atoms with E-state index in [1.165, 1.54) is 27.4 Å². The number of rotatable bonds is 3. The lowest BCUT2D eigenvalue weighted by molar-refractivity contribution is -0.122. The van der Waals surface area contributed by atoms with Crippen molar-refractivity contribution < 1.29 is 14.4 Å². The Morgan fingerprint density at radius 1 is 1.15 bits per heavy atom. The zero-order valence-corrected chi connectivity index (χ0v) is 16.4. The largest absolute Gasteiger partial charge is 0.365 e. The van der Waals surface area contributed by atoms with Gasteiger partial charge in [-0.05, 0) is 57.4 Å². The Balaban J connectivity index is 1.82. The van der Waals surface area contributed by atoms with Gasteiger partial charge < -0.3 is 5.73 Å². The molecule has 0 aromatic carbocycles. The topological polar surface area (TPSA) is 80.5 Å². The molecule has 1 aliphatic heterocycles. The van der Waals surface area contributed by atoms with Crippen molar-refractivity contribution >= 4 is 34.1 Å². The molecular weight excluding hydrogens is 348 g/mol. The van der Waals surface area contributed by atoms with Gasteiger partial charge in [-0.25, -0.2) is 4.90 Å². The minimum atomic E-state index is -0.563. The van der Waals surface area contributed by atoms with Gasteiger partial charge >= 0.3 is 0 Å². The lowest BCUT2D eigenvalue weighted by atomic mass is 9.81. The van der Waals surface area contributed by atoms with Gasteiger partial charge in [0.1, 0.15) is 5.00 Å². The fraction of sp³-hybridized carbons (Fsp3) is 0.550. The van der Waals surface area contributed by atoms with Crippen molar-refractivity contribution in [3.8, 4) is 0 Å². The summed E-state index contributed by atoms with van der Waals surface area (Å²) in [6, 6.07) is 0. The van der Waals surface area contributed by atoms with E-state index in [1.807, 2.05) is 13.8 Å². The molecule has 2 N–H and O–H groups in total. The molecule has 4 rings (SSSR count). The van der Waals surface area contributed by atoms with Crippen LogP contribution < -0.4 is 10.6 Å². The number of carbonyl (C=O) groups is 3. The van der Waals surface area contributed by atoms with E-state index in [0.717, 1.165) is 23.3 Å². The lowest BCUT2D eigenvalue weighted by Gasteiger charge is -2.18. The van der Waals surface area contributed by atoms with Gasteiger partial charge in [-0.15, -0.1) is 11.3 Å². The number of hydrogen-bond donors (Lipinski definition) is 1. The van der Waals surface area contributed by atoms with Gasteiger partial charge in [0.15, 0.2) is 0 Å². The summed E-state index contributed by atoms with van der Waals surface area (Å²) < 4.78 is 0. The maximum atomic E-state index is 13.3. The van der Waals surface area contributed by atoms with E-state index in [9.17, 15) is 14.4 Å². The standard InChI is InChI=1S/C20H24N2O3S/c1-5-10-9(4)26-20(16(10)17(21)23)22-18(24)14-11-6-7-12(13(11)8(2)3)15(14)19(22)25/h11-12,14-15H,5-7H2,1-4H3,(H2,21,23)/t11-,12+,14-,15+. The molecule has 26 heavy (non-hydrogen) atoms. The molecule has 0 spiro atoms. The van der Waals surface area contributed by atoms with Crippen LogP contribution in [0.3, 0.4) is 0 Å². The van der Waals surface area contributed by atoms with Crippen molar-refractivity contribution in [1.29, 1.82) is 0 Å². The highest BCUT2D eigenvalue weighted by atomic mass is 32.1. The molecule has 0 unspecified atom stereocenters. The normalized spacial score (nSPS) is 29.7. The van der Waals surface area contributed by atoms with Crippen molar-refractivity contribution in [3.05, 3.63) is 27.2 Å². The number of nitrogens with two attached hydrogens (primary N) is 1. The third-order valence-corrected chi connectivity index (χ3v) is 7.56. The molecule has 6 heteroatoms. The van der Waals surface area contributed by atoms with Gasteiger partial charge in [0, 0.05) is 4.88 Å². The molecule has 0 radical (unpaired) electrons. The molecule has 3 aliphatic rings. The molecule has 2 heterocycles. The molecule has 2 aliphatic carbocycles. The molecule has 2 saturated carbocycles. The summed E-state index contributed by atoms with van der Waals surface area (Å²) in [5.74, 6) is -1.01. The second-order valence-electron chi connectivity index (χ2n) is 7.84. The summed E-state index contributed by atoms with van der Waals surface area (Å²) in [6.07, 6.45) is 2.61. The summed E-state index contributed by atoms with van der Waals surface area (Å²) in [7, 11) is 0. The highest BCUT2D eigenvalue weighted by Crippen LogP contribution is 2.61. The molecule has 1 aromatic heterocycles. The van der Waals surface area contributed by atoms with Crippen LogP contribution in [-0.4, -0.2) is 17.7 Å². The van der Waals surface area contributed by atoms with E-state index in [1.54, 1.807) is 0 Å². The molecule has 3 amide bonds. The fourth-order valence-corrected chi connectivity index (χ4v) is 6.85. The van der Waals surface area contributed by atoms with Crippen molar-refractivity contribution in [2.75, 3.05) is 4.90 Å². The smallest absolute Gasteiger partial charge is 0.252 e. The Morgan fingerprint density at radius 3 is 2.12 bits per heavy atom. The molecule has 1 saturated heterocycles. The summed E-state index contributed by atoms with van der Waals surface area (Å²) in [6.45, 7) is 8.02. The number of thiophene rings is 1. The van der Waals surface area contributed by atoms with E-state index in [0.29, 0.717) is 17.0 Å². The van der Waals surface area contributed by atoms with Crippen LogP contribution in [0.2, 0.25) is 0 Å².